The largest absolute Gasteiger partial charge is 0.490 e. The van der Waals surface area contributed by atoms with E-state index in [0.717, 1.165) is 6.42 Å². The number of halogens is 6. The zero-order valence-electron chi connectivity index (χ0n) is 18.5. The number of esters is 1. The molecule has 0 bridgehead atoms. The second kappa shape index (κ2) is 7.66. The van der Waals surface area contributed by atoms with Crippen molar-refractivity contribution < 1.29 is 31.9 Å². The standard InChI is InChI=1S/C23H30Br2F4O3/c1-12(30)14-6-9-22(26)16-10-17(24)21(25)11-13(32-18(31)23(27,28)29)4-7-19(21,2)15(16)5-8-20(14,22)3/h13-17H,4-11H2,1-3H3/t13?,14-,15+,16-,17?,19-,20-,21?,22-/m1/s1. The van der Waals surface area contributed by atoms with Gasteiger partial charge >= 0.3 is 12.1 Å². The summed E-state index contributed by atoms with van der Waals surface area (Å²) in [6, 6.07) is 0. The molecular formula is C23H30Br2F4O3. The van der Waals surface area contributed by atoms with Crippen molar-refractivity contribution >= 4 is 43.6 Å². The molecule has 9 heteroatoms. The van der Waals surface area contributed by atoms with Gasteiger partial charge in [-0.1, -0.05) is 45.7 Å². The van der Waals surface area contributed by atoms with Gasteiger partial charge in [-0.2, -0.15) is 13.2 Å². The zero-order chi connectivity index (χ0) is 23.9. The van der Waals surface area contributed by atoms with Gasteiger partial charge in [-0.3, -0.25) is 4.79 Å². The third kappa shape index (κ3) is 3.29. The topological polar surface area (TPSA) is 43.4 Å². The number of fused-ring (bicyclic) bond motifs is 5. The average Bonchev–Trinajstić information content (AvgIpc) is 2.95. The van der Waals surface area contributed by atoms with Crippen molar-refractivity contribution in [2.24, 2.45) is 28.6 Å². The van der Waals surface area contributed by atoms with Crippen molar-refractivity contribution in [1.29, 1.82) is 0 Å². The molecule has 4 aliphatic carbocycles. The number of hydrogen-bond donors (Lipinski definition) is 0. The molecule has 4 fully saturated rings. The summed E-state index contributed by atoms with van der Waals surface area (Å²) >= 11 is 7.64. The maximum absolute atomic E-state index is 16.9. The number of Topliss-reactive ketones (excluding diaryl/α,β-unsaturated/α-hetero) is 1. The number of ether oxygens (including phenoxy) is 1. The van der Waals surface area contributed by atoms with Crippen molar-refractivity contribution in [3.8, 4) is 0 Å². The Balaban J connectivity index is 1.63. The Labute approximate surface area is 203 Å². The van der Waals surface area contributed by atoms with Crippen LogP contribution in [0.15, 0.2) is 0 Å². The average molecular weight is 590 g/mol. The Kier molecular flexibility index (Phi) is 5.97. The molecule has 0 amide bonds. The lowest BCUT2D eigenvalue weighted by atomic mass is 9.43. The van der Waals surface area contributed by atoms with Gasteiger partial charge in [0.1, 0.15) is 17.6 Å². The Hall–Kier alpha value is -0.180. The van der Waals surface area contributed by atoms with E-state index in [2.05, 4.69) is 38.8 Å². The van der Waals surface area contributed by atoms with Crippen molar-refractivity contribution in [3.63, 3.8) is 0 Å². The first-order chi connectivity index (χ1) is 14.6. The van der Waals surface area contributed by atoms with Gasteiger partial charge < -0.3 is 4.74 Å². The van der Waals surface area contributed by atoms with Crippen LogP contribution in [0.5, 0.6) is 0 Å². The summed E-state index contributed by atoms with van der Waals surface area (Å²) in [5.74, 6) is -2.54. The predicted molar refractivity (Wildman–Crippen MR) is 118 cm³/mol. The maximum atomic E-state index is 16.9. The first-order valence-electron chi connectivity index (χ1n) is 11.4. The molecule has 3 unspecified atom stereocenters. The molecular weight excluding hydrogens is 560 g/mol. The number of carbonyl (C=O) groups excluding carboxylic acids is 2. The molecule has 4 aliphatic rings. The van der Waals surface area contributed by atoms with Gasteiger partial charge in [0.15, 0.2) is 0 Å². The third-order valence-corrected chi connectivity index (χ3v) is 13.3. The summed E-state index contributed by atoms with van der Waals surface area (Å²) in [6.07, 6.45) is -1.85. The molecule has 4 saturated carbocycles. The minimum atomic E-state index is -5.02. The van der Waals surface area contributed by atoms with Gasteiger partial charge in [-0.15, -0.1) is 0 Å². The van der Waals surface area contributed by atoms with E-state index in [1.165, 1.54) is 0 Å². The van der Waals surface area contributed by atoms with E-state index >= 15 is 4.39 Å². The number of rotatable bonds is 2. The second-order valence-corrected chi connectivity index (χ2v) is 13.5. The quantitative estimate of drug-likeness (QED) is 0.205. The normalized spacial score (nSPS) is 50.7. The number of alkyl halides is 6. The van der Waals surface area contributed by atoms with Crippen LogP contribution in [-0.4, -0.2) is 38.9 Å². The second-order valence-electron chi connectivity index (χ2n) is 11.0. The fraction of sp³-hybridized carbons (Fsp3) is 0.913. The van der Waals surface area contributed by atoms with E-state index < -0.39 is 33.7 Å². The first-order valence-corrected chi connectivity index (χ1v) is 13.1. The Morgan fingerprint density at radius 3 is 2.22 bits per heavy atom. The van der Waals surface area contributed by atoms with Gasteiger partial charge in [-0.05, 0) is 69.1 Å². The predicted octanol–water partition coefficient (Wildman–Crippen LogP) is 6.69. The molecule has 4 rings (SSSR count). The number of hydrogen-bond acceptors (Lipinski definition) is 3. The Morgan fingerprint density at radius 1 is 1.00 bits per heavy atom. The summed E-state index contributed by atoms with van der Waals surface area (Å²) in [5.41, 5.74) is -2.48. The van der Waals surface area contributed by atoms with Crippen LogP contribution >= 0.6 is 31.9 Å². The van der Waals surface area contributed by atoms with Crippen molar-refractivity contribution in [3.05, 3.63) is 0 Å². The lowest BCUT2D eigenvalue weighted by Crippen LogP contribution is -2.68. The van der Waals surface area contributed by atoms with Crippen molar-refractivity contribution in [2.45, 2.75) is 99.2 Å². The minimum Gasteiger partial charge on any atom is -0.456 e. The summed E-state index contributed by atoms with van der Waals surface area (Å²) in [6.45, 7) is 5.62. The third-order valence-electron chi connectivity index (χ3n) is 9.79. The SMILES string of the molecule is CC(=O)[C@H]1CC[C@@]2(F)[C@@H]3CC(Br)C4(Br)CC(OC(=O)C(F)(F)F)CC[C@]4(C)[C@H]3CC[C@]12C. The fourth-order valence-corrected chi connectivity index (χ4v) is 10.2. The molecule has 32 heavy (non-hydrogen) atoms. The van der Waals surface area contributed by atoms with Crippen molar-refractivity contribution in [1.82, 2.24) is 0 Å². The van der Waals surface area contributed by atoms with E-state index in [0.29, 0.717) is 38.5 Å². The number of ketones is 1. The molecule has 0 aromatic carbocycles. The summed E-state index contributed by atoms with van der Waals surface area (Å²) in [5, 5.41) is 0. The van der Waals surface area contributed by atoms with E-state index in [1.807, 2.05) is 6.92 Å². The molecule has 0 radical (unpaired) electrons. The van der Waals surface area contributed by atoms with Crippen LogP contribution in [0.1, 0.15) is 72.1 Å². The highest BCUT2D eigenvalue weighted by molar-refractivity contribution is 9.12. The Bertz CT molecular complexity index is 822. The van der Waals surface area contributed by atoms with E-state index in [1.54, 1.807) is 6.92 Å². The molecule has 0 spiro atoms. The van der Waals surface area contributed by atoms with E-state index in [4.69, 9.17) is 4.74 Å². The summed E-state index contributed by atoms with van der Waals surface area (Å²) in [4.78, 5) is 23.5. The Morgan fingerprint density at radius 2 is 1.62 bits per heavy atom. The molecule has 0 N–H and O–H groups in total. The van der Waals surface area contributed by atoms with Crippen LogP contribution < -0.4 is 0 Å². The molecule has 0 aliphatic heterocycles. The van der Waals surface area contributed by atoms with Crippen LogP contribution in [-0.2, 0) is 14.3 Å². The highest BCUT2D eigenvalue weighted by Gasteiger charge is 2.72. The lowest BCUT2D eigenvalue weighted by molar-refractivity contribution is -0.210. The van der Waals surface area contributed by atoms with Crippen LogP contribution in [0.3, 0.4) is 0 Å². The molecule has 0 aromatic heterocycles. The smallest absolute Gasteiger partial charge is 0.456 e. The monoisotopic (exact) mass is 588 g/mol. The van der Waals surface area contributed by atoms with Gasteiger partial charge in [0.05, 0.1) is 0 Å². The summed E-state index contributed by atoms with van der Waals surface area (Å²) in [7, 11) is 0. The van der Waals surface area contributed by atoms with Crippen LogP contribution in [0.25, 0.3) is 0 Å². The maximum Gasteiger partial charge on any atom is 0.490 e. The molecule has 0 aromatic rings. The van der Waals surface area contributed by atoms with Crippen LogP contribution in [0, 0.1) is 28.6 Å². The molecule has 3 nitrogen and oxygen atoms in total. The van der Waals surface area contributed by atoms with Gasteiger partial charge in [0.2, 0.25) is 0 Å². The van der Waals surface area contributed by atoms with Crippen LogP contribution in [0.2, 0.25) is 0 Å². The van der Waals surface area contributed by atoms with Gasteiger partial charge in [0.25, 0.3) is 0 Å². The molecule has 0 saturated heterocycles. The van der Waals surface area contributed by atoms with Gasteiger partial charge in [-0.25, -0.2) is 9.18 Å². The zero-order valence-corrected chi connectivity index (χ0v) is 21.7. The van der Waals surface area contributed by atoms with Crippen LogP contribution in [0.4, 0.5) is 17.6 Å². The minimum absolute atomic E-state index is 0.0405. The fourth-order valence-electron chi connectivity index (χ4n) is 8.02. The van der Waals surface area contributed by atoms with Crippen molar-refractivity contribution in [2.75, 3.05) is 0 Å². The molecule has 0 heterocycles. The highest BCUT2D eigenvalue weighted by Crippen LogP contribution is 2.73. The molecule has 9 atom stereocenters. The van der Waals surface area contributed by atoms with E-state index in [-0.39, 0.29) is 40.2 Å². The summed E-state index contributed by atoms with van der Waals surface area (Å²) < 4.78 is 59.3. The lowest BCUT2D eigenvalue weighted by Gasteiger charge is -2.66. The highest BCUT2D eigenvalue weighted by atomic mass is 79.9. The number of carbonyl (C=O) groups is 2. The van der Waals surface area contributed by atoms with Gasteiger partial charge in [0, 0.05) is 26.9 Å². The molecule has 182 valence electrons. The van der Waals surface area contributed by atoms with E-state index in [9.17, 15) is 22.8 Å². The first kappa shape index (κ1) is 24.9.